The molecule has 3 rings (SSSR count). The lowest BCUT2D eigenvalue weighted by Crippen LogP contribution is -2.36. The van der Waals surface area contributed by atoms with Gasteiger partial charge in [-0.3, -0.25) is 0 Å². The number of aromatic nitrogens is 2. The molecule has 0 aliphatic carbocycles. The summed E-state index contributed by atoms with van der Waals surface area (Å²) in [6.07, 6.45) is 3.24. The maximum Gasteiger partial charge on any atom is 0.343 e. The number of hydrogen-bond donors (Lipinski definition) is 0. The number of halogens is 1. The molecule has 0 spiro atoms. The van der Waals surface area contributed by atoms with Crippen LogP contribution in [0.1, 0.15) is 20.7 Å². The van der Waals surface area contributed by atoms with E-state index in [-0.39, 0.29) is 11.8 Å². The molecular weight excluding hydrogens is 474 g/mol. The lowest BCUT2D eigenvalue weighted by atomic mass is 10.2. The Morgan fingerprint density at radius 3 is 1.94 bits per heavy atom. The molecule has 0 unspecified atom stereocenters. The van der Waals surface area contributed by atoms with Gasteiger partial charge in [0.05, 0.1) is 53.5 Å². The van der Waals surface area contributed by atoms with Gasteiger partial charge >= 0.3 is 11.9 Å². The van der Waals surface area contributed by atoms with Crippen LogP contribution in [0.3, 0.4) is 0 Å². The van der Waals surface area contributed by atoms with Crippen molar-refractivity contribution in [3.05, 3.63) is 40.1 Å². The van der Waals surface area contributed by atoms with Crippen molar-refractivity contribution in [3.63, 3.8) is 0 Å². The Morgan fingerprint density at radius 2 is 1.42 bits per heavy atom. The van der Waals surface area contributed by atoms with Gasteiger partial charge in [0.25, 0.3) is 0 Å². The third-order valence-electron chi connectivity index (χ3n) is 4.23. The highest BCUT2D eigenvalue weighted by Crippen LogP contribution is 2.23. The second-order valence-corrected chi connectivity index (χ2v) is 6.96. The molecule has 11 heteroatoms. The standard InChI is InChI=1S/C12H16N2O4.C8H8BrNO3/c1-16-11-10(12(15)17-2)7-9(8-13-11)14-3-5-18-6-4-14;1-12-7-6(8(11)13-2)3-5(9)4-10-7/h7-8H,3-6H2,1-2H3;3-4H,1-2H3. The smallest absolute Gasteiger partial charge is 0.343 e. The Kier molecular flexibility index (Phi) is 9.47. The van der Waals surface area contributed by atoms with Gasteiger partial charge < -0.3 is 28.6 Å². The molecule has 168 valence electrons. The zero-order chi connectivity index (χ0) is 22.8. The molecular formula is C20H24BrN3O7. The van der Waals surface area contributed by atoms with Gasteiger partial charge in [-0.05, 0) is 28.1 Å². The van der Waals surface area contributed by atoms with E-state index < -0.39 is 11.9 Å². The fourth-order valence-corrected chi connectivity index (χ4v) is 3.03. The summed E-state index contributed by atoms with van der Waals surface area (Å²) in [7, 11) is 5.57. The van der Waals surface area contributed by atoms with E-state index in [1.54, 1.807) is 24.5 Å². The van der Waals surface area contributed by atoms with Crippen molar-refractivity contribution in [2.24, 2.45) is 0 Å². The van der Waals surface area contributed by atoms with Crippen LogP contribution in [0.4, 0.5) is 5.69 Å². The molecule has 3 heterocycles. The van der Waals surface area contributed by atoms with Gasteiger partial charge in [0.15, 0.2) is 0 Å². The van der Waals surface area contributed by atoms with Crippen molar-refractivity contribution in [2.45, 2.75) is 0 Å². The van der Waals surface area contributed by atoms with E-state index >= 15 is 0 Å². The van der Waals surface area contributed by atoms with Crippen LogP contribution in [0.25, 0.3) is 0 Å². The first-order valence-electron chi connectivity index (χ1n) is 9.18. The number of ether oxygens (including phenoxy) is 5. The van der Waals surface area contributed by atoms with Crippen LogP contribution >= 0.6 is 15.9 Å². The number of rotatable bonds is 5. The first kappa shape index (κ1) is 24.4. The Hall–Kier alpha value is -2.92. The normalized spacial score (nSPS) is 12.9. The van der Waals surface area contributed by atoms with Gasteiger partial charge in [-0.1, -0.05) is 0 Å². The number of nitrogens with zero attached hydrogens (tertiary/aromatic N) is 3. The Bertz CT molecular complexity index is 904. The van der Waals surface area contributed by atoms with E-state index in [9.17, 15) is 9.59 Å². The zero-order valence-corrected chi connectivity index (χ0v) is 19.3. The predicted molar refractivity (Wildman–Crippen MR) is 115 cm³/mol. The van der Waals surface area contributed by atoms with Crippen molar-refractivity contribution < 1.29 is 33.3 Å². The third kappa shape index (κ3) is 6.53. The van der Waals surface area contributed by atoms with E-state index in [2.05, 4.69) is 35.5 Å². The number of methoxy groups -OCH3 is 4. The summed E-state index contributed by atoms with van der Waals surface area (Å²) in [5, 5.41) is 0. The van der Waals surface area contributed by atoms with Crippen LogP contribution in [0.5, 0.6) is 11.8 Å². The summed E-state index contributed by atoms with van der Waals surface area (Å²) in [4.78, 5) is 33.0. The fourth-order valence-electron chi connectivity index (χ4n) is 2.70. The van der Waals surface area contributed by atoms with Gasteiger partial charge in [0.1, 0.15) is 11.1 Å². The molecule has 1 aliphatic rings. The highest BCUT2D eigenvalue weighted by molar-refractivity contribution is 9.10. The van der Waals surface area contributed by atoms with Gasteiger partial charge in [-0.15, -0.1) is 0 Å². The van der Waals surface area contributed by atoms with Crippen LogP contribution in [0, 0.1) is 0 Å². The van der Waals surface area contributed by atoms with Crippen LogP contribution < -0.4 is 14.4 Å². The van der Waals surface area contributed by atoms with Gasteiger partial charge in [0, 0.05) is 23.8 Å². The third-order valence-corrected chi connectivity index (χ3v) is 4.66. The molecule has 0 bridgehead atoms. The number of esters is 2. The van der Waals surface area contributed by atoms with Crippen molar-refractivity contribution in [1.82, 2.24) is 9.97 Å². The quantitative estimate of drug-likeness (QED) is 0.570. The average Bonchev–Trinajstić information content (AvgIpc) is 2.83. The first-order chi connectivity index (χ1) is 14.9. The van der Waals surface area contributed by atoms with Crippen molar-refractivity contribution in [3.8, 4) is 11.8 Å². The number of pyridine rings is 2. The van der Waals surface area contributed by atoms with E-state index in [1.165, 1.54) is 28.4 Å². The number of morpholine rings is 1. The molecule has 10 nitrogen and oxygen atoms in total. The molecule has 2 aromatic heterocycles. The molecule has 0 aromatic carbocycles. The van der Waals surface area contributed by atoms with E-state index in [0.717, 1.165) is 18.8 Å². The predicted octanol–water partition coefficient (Wildman–Crippen LogP) is 2.35. The van der Waals surface area contributed by atoms with E-state index in [0.29, 0.717) is 28.8 Å². The molecule has 2 aromatic rings. The summed E-state index contributed by atoms with van der Waals surface area (Å²) in [5.41, 5.74) is 1.52. The second-order valence-electron chi connectivity index (χ2n) is 6.04. The maximum atomic E-state index is 11.6. The molecule has 0 N–H and O–H groups in total. The lowest BCUT2D eigenvalue weighted by molar-refractivity contribution is 0.0587. The molecule has 0 saturated carbocycles. The topological polar surface area (TPSA) is 109 Å². The van der Waals surface area contributed by atoms with Crippen LogP contribution in [-0.4, -0.2) is 76.6 Å². The largest absolute Gasteiger partial charge is 0.480 e. The number of anilines is 1. The molecule has 0 radical (unpaired) electrons. The average molecular weight is 498 g/mol. The molecule has 0 amide bonds. The highest BCUT2D eigenvalue weighted by Gasteiger charge is 2.19. The number of carbonyl (C=O) groups excluding carboxylic acids is 2. The zero-order valence-electron chi connectivity index (χ0n) is 17.7. The summed E-state index contributed by atoms with van der Waals surface area (Å²) in [5.74, 6) is -0.381. The summed E-state index contributed by atoms with van der Waals surface area (Å²) < 4.78 is 25.2. The molecule has 1 fully saturated rings. The van der Waals surface area contributed by atoms with Crippen LogP contribution in [0.15, 0.2) is 29.0 Å². The summed E-state index contributed by atoms with van der Waals surface area (Å²) >= 11 is 3.20. The maximum absolute atomic E-state index is 11.6. The van der Waals surface area contributed by atoms with Gasteiger partial charge in [-0.25, -0.2) is 19.6 Å². The monoisotopic (exact) mass is 497 g/mol. The van der Waals surface area contributed by atoms with E-state index in [1.807, 2.05) is 0 Å². The Morgan fingerprint density at radius 1 is 0.903 bits per heavy atom. The fraction of sp³-hybridized carbons (Fsp3) is 0.400. The SMILES string of the molecule is COC(=O)c1cc(Br)cnc1OC.COC(=O)c1cc(N2CCOCC2)cnc1OC. The number of hydrogen-bond acceptors (Lipinski definition) is 10. The molecule has 0 atom stereocenters. The minimum absolute atomic E-state index is 0.259. The summed E-state index contributed by atoms with van der Waals surface area (Å²) in [6, 6.07) is 3.33. The minimum Gasteiger partial charge on any atom is -0.480 e. The van der Waals surface area contributed by atoms with Crippen LogP contribution in [0.2, 0.25) is 0 Å². The van der Waals surface area contributed by atoms with E-state index in [4.69, 9.17) is 18.9 Å². The second kappa shape index (κ2) is 12.1. The van der Waals surface area contributed by atoms with Gasteiger partial charge in [-0.2, -0.15) is 0 Å². The molecule has 31 heavy (non-hydrogen) atoms. The van der Waals surface area contributed by atoms with Gasteiger partial charge in [0.2, 0.25) is 11.8 Å². The summed E-state index contributed by atoms with van der Waals surface area (Å²) in [6.45, 7) is 2.93. The molecule has 1 aliphatic heterocycles. The number of carbonyl (C=O) groups is 2. The highest BCUT2D eigenvalue weighted by atomic mass is 79.9. The Balaban J connectivity index is 0.000000233. The van der Waals surface area contributed by atoms with Crippen LogP contribution in [-0.2, 0) is 14.2 Å². The van der Waals surface area contributed by atoms with Crippen molar-refractivity contribution in [2.75, 3.05) is 59.6 Å². The molecule has 1 saturated heterocycles. The van der Waals surface area contributed by atoms with Crippen molar-refractivity contribution in [1.29, 1.82) is 0 Å². The lowest BCUT2D eigenvalue weighted by Gasteiger charge is -2.28. The first-order valence-corrected chi connectivity index (χ1v) is 9.97. The van der Waals surface area contributed by atoms with Crippen molar-refractivity contribution >= 4 is 33.6 Å². The Labute approximate surface area is 188 Å². The minimum atomic E-state index is -0.467.